The standard InChI is InChI=1S/C8H16N2O/c9-11-6-8-5-10-3-1-7(8)2-4-10/h7-8H,1-6,9H2/t8-/m1/s1. The molecule has 1 atom stereocenters. The number of nitrogens with two attached hydrogens (primary N) is 1. The Bertz CT molecular complexity index is 132. The van der Waals surface area contributed by atoms with Gasteiger partial charge in [0, 0.05) is 6.54 Å². The minimum atomic E-state index is 0.711. The van der Waals surface area contributed by atoms with Gasteiger partial charge in [0.25, 0.3) is 0 Å². The van der Waals surface area contributed by atoms with E-state index < -0.39 is 0 Å². The molecule has 3 fully saturated rings. The average molecular weight is 156 g/mol. The average Bonchev–Trinajstić information content (AvgIpc) is 2.07. The second kappa shape index (κ2) is 3.09. The fraction of sp³-hybridized carbons (Fsp3) is 1.00. The van der Waals surface area contributed by atoms with Crippen molar-refractivity contribution in [3.63, 3.8) is 0 Å². The summed E-state index contributed by atoms with van der Waals surface area (Å²) in [5.41, 5.74) is 0. The van der Waals surface area contributed by atoms with E-state index in [0.717, 1.165) is 12.5 Å². The minimum Gasteiger partial charge on any atom is -0.304 e. The van der Waals surface area contributed by atoms with Crippen LogP contribution in [0.25, 0.3) is 0 Å². The highest BCUT2D eigenvalue weighted by atomic mass is 16.6. The molecule has 2 bridgehead atoms. The number of hydrogen-bond donors (Lipinski definition) is 1. The molecule has 3 rings (SSSR count). The molecule has 0 spiro atoms. The zero-order chi connectivity index (χ0) is 7.68. The molecule has 3 saturated heterocycles. The first-order valence-electron chi connectivity index (χ1n) is 4.44. The quantitative estimate of drug-likeness (QED) is 0.581. The lowest BCUT2D eigenvalue weighted by molar-refractivity contribution is -0.00766. The van der Waals surface area contributed by atoms with Crippen molar-refractivity contribution in [2.75, 3.05) is 26.2 Å². The van der Waals surface area contributed by atoms with E-state index in [-0.39, 0.29) is 0 Å². The second-order valence-electron chi connectivity index (χ2n) is 3.73. The normalized spacial score (nSPS) is 42.8. The number of nitrogens with zero attached hydrogens (tertiary/aromatic N) is 1. The fourth-order valence-corrected chi connectivity index (χ4v) is 2.40. The van der Waals surface area contributed by atoms with E-state index in [1.165, 1.54) is 32.5 Å². The molecule has 0 aliphatic carbocycles. The minimum absolute atomic E-state index is 0.711. The Morgan fingerprint density at radius 3 is 2.55 bits per heavy atom. The van der Waals surface area contributed by atoms with Crippen molar-refractivity contribution in [2.24, 2.45) is 17.7 Å². The molecule has 3 aliphatic heterocycles. The molecule has 2 N–H and O–H groups in total. The summed E-state index contributed by atoms with van der Waals surface area (Å²) in [5, 5.41) is 0. The van der Waals surface area contributed by atoms with Gasteiger partial charge in [-0.25, -0.2) is 5.90 Å². The van der Waals surface area contributed by atoms with Crippen LogP contribution in [0.1, 0.15) is 12.8 Å². The van der Waals surface area contributed by atoms with E-state index in [9.17, 15) is 0 Å². The first-order chi connectivity index (χ1) is 5.40. The van der Waals surface area contributed by atoms with Gasteiger partial charge in [0.05, 0.1) is 6.61 Å². The van der Waals surface area contributed by atoms with Crippen LogP contribution < -0.4 is 5.90 Å². The largest absolute Gasteiger partial charge is 0.304 e. The van der Waals surface area contributed by atoms with Gasteiger partial charge in [0.15, 0.2) is 0 Å². The molecule has 0 unspecified atom stereocenters. The molecule has 64 valence electrons. The Hall–Kier alpha value is -0.120. The van der Waals surface area contributed by atoms with Gasteiger partial charge >= 0.3 is 0 Å². The van der Waals surface area contributed by atoms with Crippen LogP contribution in [0.5, 0.6) is 0 Å². The van der Waals surface area contributed by atoms with Crippen molar-refractivity contribution in [1.29, 1.82) is 0 Å². The van der Waals surface area contributed by atoms with Crippen LogP contribution in [0.15, 0.2) is 0 Å². The molecule has 0 amide bonds. The summed E-state index contributed by atoms with van der Waals surface area (Å²) in [6.45, 7) is 4.56. The first kappa shape index (κ1) is 7.53. The van der Waals surface area contributed by atoms with E-state index in [0.29, 0.717) is 5.92 Å². The third kappa shape index (κ3) is 1.41. The SMILES string of the molecule is NOC[C@H]1CN2CCC1CC2. The summed E-state index contributed by atoms with van der Waals surface area (Å²) >= 11 is 0. The Balaban J connectivity index is 1.92. The maximum Gasteiger partial charge on any atom is 0.0722 e. The molecule has 0 radical (unpaired) electrons. The van der Waals surface area contributed by atoms with Crippen molar-refractivity contribution in [3.05, 3.63) is 0 Å². The summed E-state index contributed by atoms with van der Waals surface area (Å²) in [6.07, 6.45) is 2.71. The predicted molar refractivity (Wildman–Crippen MR) is 42.8 cm³/mol. The first-order valence-corrected chi connectivity index (χ1v) is 4.44. The maximum atomic E-state index is 5.07. The zero-order valence-electron chi connectivity index (χ0n) is 6.83. The van der Waals surface area contributed by atoms with Crippen molar-refractivity contribution in [2.45, 2.75) is 12.8 Å². The Morgan fingerprint density at radius 2 is 2.09 bits per heavy atom. The molecular weight excluding hydrogens is 140 g/mol. The van der Waals surface area contributed by atoms with Crippen molar-refractivity contribution >= 4 is 0 Å². The van der Waals surface area contributed by atoms with Gasteiger partial charge in [0.1, 0.15) is 0 Å². The Morgan fingerprint density at radius 1 is 1.36 bits per heavy atom. The second-order valence-corrected chi connectivity index (χ2v) is 3.73. The van der Waals surface area contributed by atoms with Crippen LogP contribution in [0.2, 0.25) is 0 Å². The molecule has 3 heterocycles. The van der Waals surface area contributed by atoms with Crippen molar-refractivity contribution < 1.29 is 4.84 Å². The van der Waals surface area contributed by atoms with Crippen LogP contribution in [0.4, 0.5) is 0 Å². The monoisotopic (exact) mass is 156 g/mol. The van der Waals surface area contributed by atoms with Crippen LogP contribution in [-0.4, -0.2) is 31.1 Å². The van der Waals surface area contributed by atoms with Gasteiger partial charge in [-0.1, -0.05) is 0 Å². The molecule has 0 aromatic heterocycles. The molecule has 3 heteroatoms. The van der Waals surface area contributed by atoms with Gasteiger partial charge in [-0.15, -0.1) is 0 Å². The molecule has 3 aliphatic rings. The van der Waals surface area contributed by atoms with Crippen molar-refractivity contribution in [3.8, 4) is 0 Å². The Kier molecular flexibility index (Phi) is 2.11. The van der Waals surface area contributed by atoms with Gasteiger partial charge in [-0.05, 0) is 37.8 Å². The molecular formula is C8H16N2O. The third-order valence-electron chi connectivity index (χ3n) is 3.10. The highest BCUT2D eigenvalue weighted by Crippen LogP contribution is 2.31. The maximum absolute atomic E-state index is 5.07. The van der Waals surface area contributed by atoms with Crippen LogP contribution in [0, 0.1) is 11.8 Å². The van der Waals surface area contributed by atoms with Crippen molar-refractivity contribution in [1.82, 2.24) is 4.90 Å². The molecule has 0 aromatic carbocycles. The third-order valence-corrected chi connectivity index (χ3v) is 3.10. The predicted octanol–water partition coefficient (Wildman–Crippen LogP) is 0.218. The topological polar surface area (TPSA) is 38.5 Å². The van der Waals surface area contributed by atoms with Crippen LogP contribution in [-0.2, 0) is 4.84 Å². The molecule has 0 aromatic rings. The smallest absolute Gasteiger partial charge is 0.0722 e. The number of hydrogen-bond acceptors (Lipinski definition) is 3. The van der Waals surface area contributed by atoms with E-state index >= 15 is 0 Å². The van der Waals surface area contributed by atoms with Gasteiger partial charge < -0.3 is 9.74 Å². The molecule has 11 heavy (non-hydrogen) atoms. The van der Waals surface area contributed by atoms with Crippen LogP contribution in [0.3, 0.4) is 0 Å². The fourth-order valence-electron chi connectivity index (χ4n) is 2.40. The van der Waals surface area contributed by atoms with Gasteiger partial charge in [-0.3, -0.25) is 0 Å². The summed E-state index contributed by atoms with van der Waals surface area (Å²) in [4.78, 5) is 7.22. The number of piperidine rings is 3. The van der Waals surface area contributed by atoms with E-state index in [1.807, 2.05) is 0 Å². The van der Waals surface area contributed by atoms with Gasteiger partial charge in [0.2, 0.25) is 0 Å². The number of rotatable bonds is 2. The lowest BCUT2D eigenvalue weighted by atomic mass is 9.80. The Labute approximate surface area is 67.4 Å². The van der Waals surface area contributed by atoms with E-state index in [2.05, 4.69) is 4.90 Å². The highest BCUT2D eigenvalue weighted by Gasteiger charge is 2.33. The van der Waals surface area contributed by atoms with E-state index in [4.69, 9.17) is 10.7 Å². The lowest BCUT2D eigenvalue weighted by Crippen LogP contribution is -2.49. The van der Waals surface area contributed by atoms with Crippen LogP contribution >= 0.6 is 0 Å². The number of fused-ring (bicyclic) bond motifs is 3. The summed E-state index contributed by atoms with van der Waals surface area (Å²) in [5.74, 6) is 6.68. The van der Waals surface area contributed by atoms with Gasteiger partial charge in [-0.2, -0.15) is 0 Å². The van der Waals surface area contributed by atoms with E-state index in [1.54, 1.807) is 0 Å². The molecule has 0 saturated carbocycles. The highest BCUT2D eigenvalue weighted by molar-refractivity contribution is 4.86. The zero-order valence-corrected chi connectivity index (χ0v) is 6.83. The lowest BCUT2D eigenvalue weighted by Gasteiger charge is -2.44. The summed E-state index contributed by atoms with van der Waals surface area (Å²) < 4.78 is 0. The summed E-state index contributed by atoms with van der Waals surface area (Å²) in [6, 6.07) is 0. The summed E-state index contributed by atoms with van der Waals surface area (Å²) in [7, 11) is 0. The molecule has 3 nitrogen and oxygen atoms in total.